The molecule has 0 aromatic carbocycles. The molecule has 1 saturated heterocycles. The van der Waals surface area contributed by atoms with Crippen molar-refractivity contribution in [3.8, 4) is 0 Å². The molecule has 0 aliphatic carbocycles. The summed E-state index contributed by atoms with van der Waals surface area (Å²) in [5, 5.41) is 2.76. The molecule has 0 radical (unpaired) electrons. The van der Waals surface area contributed by atoms with Gasteiger partial charge in [0, 0.05) is 13.1 Å². The summed E-state index contributed by atoms with van der Waals surface area (Å²) in [5.74, 6) is -1.05. The van der Waals surface area contributed by atoms with Crippen LogP contribution in [0, 0.1) is 5.92 Å². The second-order valence-electron chi connectivity index (χ2n) is 2.30. The number of rotatable bonds is 1. The van der Waals surface area contributed by atoms with Crippen molar-refractivity contribution in [2.75, 3.05) is 20.2 Å². The highest BCUT2D eigenvalue weighted by Gasteiger charge is 2.33. The molecule has 58 valence electrons. The summed E-state index contributed by atoms with van der Waals surface area (Å²) < 4.78 is 17.0. The summed E-state index contributed by atoms with van der Waals surface area (Å²) in [7, 11) is 1.27. The molecule has 0 bridgehead atoms. The van der Waals surface area contributed by atoms with Gasteiger partial charge in [0.25, 0.3) is 0 Å². The largest absolute Gasteiger partial charge is 0.469 e. The van der Waals surface area contributed by atoms with Gasteiger partial charge in [0.15, 0.2) is 0 Å². The van der Waals surface area contributed by atoms with Crippen molar-refractivity contribution in [1.29, 1.82) is 0 Å². The monoisotopic (exact) mass is 147 g/mol. The fourth-order valence-corrected chi connectivity index (χ4v) is 1.03. The lowest BCUT2D eigenvalue weighted by molar-refractivity contribution is -0.146. The number of alkyl halides is 1. The second-order valence-corrected chi connectivity index (χ2v) is 2.30. The molecule has 0 amide bonds. The number of carbonyl (C=O) groups is 1. The summed E-state index contributed by atoms with van der Waals surface area (Å²) in [6.45, 7) is 0.660. The van der Waals surface area contributed by atoms with Crippen LogP contribution in [0.2, 0.25) is 0 Å². The Morgan fingerprint density at radius 3 is 2.80 bits per heavy atom. The molecule has 1 rings (SSSR count). The van der Waals surface area contributed by atoms with Crippen LogP contribution in [0.3, 0.4) is 0 Å². The molecular formula is C6H10FNO2. The number of nitrogens with one attached hydrogen (secondary N) is 1. The maximum atomic E-state index is 12.7. The van der Waals surface area contributed by atoms with E-state index in [0.29, 0.717) is 6.54 Å². The average Bonchev–Trinajstić information content (AvgIpc) is 2.34. The van der Waals surface area contributed by atoms with Crippen LogP contribution >= 0.6 is 0 Å². The molecule has 2 atom stereocenters. The van der Waals surface area contributed by atoms with E-state index in [4.69, 9.17) is 0 Å². The lowest BCUT2D eigenvalue weighted by atomic mass is 10.1. The summed E-state index contributed by atoms with van der Waals surface area (Å²) in [4.78, 5) is 10.7. The highest BCUT2D eigenvalue weighted by molar-refractivity contribution is 5.73. The summed E-state index contributed by atoms with van der Waals surface area (Å²) >= 11 is 0. The minimum atomic E-state index is -1.08. The number of hydrogen-bond donors (Lipinski definition) is 1. The van der Waals surface area contributed by atoms with E-state index in [-0.39, 0.29) is 6.54 Å². The van der Waals surface area contributed by atoms with Crippen molar-refractivity contribution in [2.24, 2.45) is 5.92 Å². The molecule has 1 aliphatic rings. The van der Waals surface area contributed by atoms with Crippen LogP contribution in [0.15, 0.2) is 0 Å². The van der Waals surface area contributed by atoms with Gasteiger partial charge in [0.05, 0.1) is 7.11 Å². The van der Waals surface area contributed by atoms with Gasteiger partial charge in [0.2, 0.25) is 0 Å². The lowest BCUT2D eigenvalue weighted by Crippen LogP contribution is -2.24. The van der Waals surface area contributed by atoms with E-state index in [1.165, 1.54) is 7.11 Å². The molecule has 0 spiro atoms. The van der Waals surface area contributed by atoms with Crippen LogP contribution in [0.5, 0.6) is 0 Å². The minimum absolute atomic E-state index is 0.264. The molecule has 0 aromatic rings. The Hall–Kier alpha value is -0.640. The Balaban J connectivity index is 2.46. The Labute approximate surface area is 58.5 Å². The first kappa shape index (κ1) is 7.47. The number of methoxy groups -OCH3 is 1. The molecule has 4 heteroatoms. The molecule has 0 saturated carbocycles. The first-order valence-corrected chi connectivity index (χ1v) is 3.18. The van der Waals surface area contributed by atoms with Crippen molar-refractivity contribution in [2.45, 2.75) is 6.17 Å². The van der Waals surface area contributed by atoms with Crippen molar-refractivity contribution in [1.82, 2.24) is 5.32 Å². The Morgan fingerprint density at radius 1 is 1.70 bits per heavy atom. The zero-order valence-corrected chi connectivity index (χ0v) is 5.76. The van der Waals surface area contributed by atoms with Crippen molar-refractivity contribution in [3.63, 3.8) is 0 Å². The Bertz CT molecular complexity index is 140. The molecule has 1 fully saturated rings. The smallest absolute Gasteiger partial charge is 0.312 e. The SMILES string of the molecule is COC(=O)[C@H]1CNC[C@@H]1F. The maximum absolute atomic E-state index is 12.7. The zero-order chi connectivity index (χ0) is 7.56. The van der Waals surface area contributed by atoms with Crippen molar-refractivity contribution >= 4 is 5.97 Å². The van der Waals surface area contributed by atoms with Crippen LogP contribution in [-0.4, -0.2) is 32.3 Å². The first-order valence-electron chi connectivity index (χ1n) is 3.18. The Morgan fingerprint density at radius 2 is 2.40 bits per heavy atom. The third-order valence-electron chi connectivity index (χ3n) is 1.64. The molecule has 10 heavy (non-hydrogen) atoms. The van der Waals surface area contributed by atoms with Gasteiger partial charge in [-0.15, -0.1) is 0 Å². The molecule has 1 N–H and O–H groups in total. The number of esters is 1. The summed E-state index contributed by atoms with van der Waals surface area (Å²) in [6.07, 6.45) is -1.08. The van der Waals surface area contributed by atoms with Crippen LogP contribution in [0.25, 0.3) is 0 Å². The second kappa shape index (κ2) is 2.96. The number of carbonyl (C=O) groups excluding carboxylic acids is 1. The van der Waals surface area contributed by atoms with Gasteiger partial charge in [-0.05, 0) is 0 Å². The van der Waals surface area contributed by atoms with Crippen LogP contribution in [-0.2, 0) is 9.53 Å². The van der Waals surface area contributed by atoms with Crippen molar-refractivity contribution < 1.29 is 13.9 Å². The van der Waals surface area contributed by atoms with Gasteiger partial charge in [-0.3, -0.25) is 4.79 Å². The lowest BCUT2D eigenvalue weighted by Gasteiger charge is -2.06. The molecular weight excluding hydrogens is 137 g/mol. The minimum Gasteiger partial charge on any atom is -0.469 e. The van der Waals surface area contributed by atoms with E-state index in [0.717, 1.165) is 0 Å². The van der Waals surface area contributed by atoms with Gasteiger partial charge in [0.1, 0.15) is 12.1 Å². The maximum Gasteiger partial charge on any atom is 0.312 e. The van der Waals surface area contributed by atoms with Crippen LogP contribution < -0.4 is 5.32 Å². The van der Waals surface area contributed by atoms with Crippen LogP contribution in [0.1, 0.15) is 0 Å². The fourth-order valence-electron chi connectivity index (χ4n) is 1.03. The van der Waals surface area contributed by atoms with Gasteiger partial charge >= 0.3 is 5.97 Å². The Kier molecular flexibility index (Phi) is 2.21. The zero-order valence-electron chi connectivity index (χ0n) is 5.76. The third kappa shape index (κ3) is 1.26. The normalized spacial score (nSPS) is 32.2. The standard InChI is InChI=1S/C6H10FNO2/c1-10-6(9)4-2-8-3-5(4)7/h4-5,8H,2-3H2,1H3/t4-,5-/m0/s1. The van der Waals surface area contributed by atoms with Crippen LogP contribution in [0.4, 0.5) is 4.39 Å². The van der Waals surface area contributed by atoms with E-state index in [9.17, 15) is 9.18 Å². The molecule has 0 unspecified atom stereocenters. The molecule has 0 aromatic heterocycles. The topological polar surface area (TPSA) is 38.3 Å². The highest BCUT2D eigenvalue weighted by Crippen LogP contribution is 2.13. The quantitative estimate of drug-likeness (QED) is 0.518. The van der Waals surface area contributed by atoms with Gasteiger partial charge in [-0.25, -0.2) is 4.39 Å². The number of halogens is 1. The summed E-state index contributed by atoms with van der Waals surface area (Å²) in [6, 6.07) is 0. The highest BCUT2D eigenvalue weighted by atomic mass is 19.1. The van der Waals surface area contributed by atoms with Gasteiger partial charge in [-0.1, -0.05) is 0 Å². The average molecular weight is 147 g/mol. The molecule has 3 nitrogen and oxygen atoms in total. The number of hydrogen-bond acceptors (Lipinski definition) is 3. The van der Waals surface area contributed by atoms with E-state index in [1.807, 2.05) is 0 Å². The van der Waals surface area contributed by atoms with Gasteiger partial charge in [-0.2, -0.15) is 0 Å². The van der Waals surface area contributed by atoms with E-state index >= 15 is 0 Å². The van der Waals surface area contributed by atoms with E-state index in [1.54, 1.807) is 0 Å². The predicted molar refractivity (Wildman–Crippen MR) is 33.3 cm³/mol. The van der Waals surface area contributed by atoms with E-state index < -0.39 is 18.1 Å². The van der Waals surface area contributed by atoms with E-state index in [2.05, 4.69) is 10.1 Å². The number of ether oxygens (including phenoxy) is 1. The first-order chi connectivity index (χ1) is 4.75. The molecule has 1 aliphatic heterocycles. The summed E-state index contributed by atoms with van der Waals surface area (Å²) in [5.41, 5.74) is 0. The predicted octanol–water partition coefficient (Wildman–Crippen LogP) is -0.283. The van der Waals surface area contributed by atoms with Gasteiger partial charge < -0.3 is 10.1 Å². The van der Waals surface area contributed by atoms with Crippen molar-refractivity contribution in [3.05, 3.63) is 0 Å². The molecule has 1 heterocycles. The third-order valence-corrected chi connectivity index (χ3v) is 1.64. The fraction of sp³-hybridized carbons (Fsp3) is 0.833.